The Bertz CT molecular complexity index is 674. The summed E-state index contributed by atoms with van der Waals surface area (Å²) in [5.74, 6) is -1.64. The second kappa shape index (κ2) is 7.10. The van der Waals surface area contributed by atoms with Crippen molar-refractivity contribution in [3.8, 4) is 0 Å². The molecule has 1 saturated heterocycles. The van der Waals surface area contributed by atoms with E-state index in [1.807, 2.05) is 6.92 Å². The molecule has 0 bridgehead atoms. The minimum absolute atomic E-state index is 0.0622. The van der Waals surface area contributed by atoms with E-state index in [1.54, 1.807) is 18.2 Å². The molecular formula is C15H20N2O5S. The second-order valence-electron chi connectivity index (χ2n) is 5.37. The highest BCUT2D eigenvalue weighted by Crippen LogP contribution is 2.24. The van der Waals surface area contributed by atoms with Crippen LogP contribution in [0.25, 0.3) is 0 Å². The molecule has 1 heterocycles. The van der Waals surface area contributed by atoms with E-state index in [9.17, 15) is 18.0 Å². The molecule has 0 spiro atoms. The third kappa shape index (κ3) is 3.70. The van der Waals surface area contributed by atoms with Crippen LogP contribution < -0.4 is 0 Å². The van der Waals surface area contributed by atoms with Gasteiger partial charge in [0.2, 0.25) is 15.9 Å². The molecule has 8 heteroatoms. The Balaban J connectivity index is 2.36. The zero-order valence-electron chi connectivity index (χ0n) is 12.9. The number of aliphatic carboxylic acids is 1. The van der Waals surface area contributed by atoms with Gasteiger partial charge in [0.25, 0.3) is 0 Å². The molecule has 0 aromatic heterocycles. The van der Waals surface area contributed by atoms with Gasteiger partial charge < -0.3 is 10.0 Å². The van der Waals surface area contributed by atoms with Crippen molar-refractivity contribution >= 4 is 21.9 Å². The summed E-state index contributed by atoms with van der Waals surface area (Å²) in [6, 6.07) is 6.56. The molecule has 1 aromatic carbocycles. The van der Waals surface area contributed by atoms with E-state index < -0.39 is 34.4 Å². The Morgan fingerprint density at radius 1 is 1.26 bits per heavy atom. The normalized spacial score (nSPS) is 19.8. The number of carbonyl (C=O) groups is 2. The number of carboxylic acids is 1. The topological polar surface area (TPSA) is 95.0 Å². The molecule has 1 unspecified atom stereocenters. The van der Waals surface area contributed by atoms with E-state index in [-0.39, 0.29) is 18.0 Å². The lowest BCUT2D eigenvalue weighted by molar-refractivity contribution is -0.146. The maximum Gasteiger partial charge on any atom is 0.305 e. The summed E-state index contributed by atoms with van der Waals surface area (Å²) in [5, 5.41) is 9.06. The molecule has 1 atom stereocenters. The third-order valence-electron chi connectivity index (χ3n) is 3.75. The molecule has 1 aliphatic heterocycles. The van der Waals surface area contributed by atoms with Crippen molar-refractivity contribution in [3.63, 3.8) is 0 Å². The zero-order chi connectivity index (χ0) is 17.0. The highest BCUT2D eigenvalue weighted by Gasteiger charge is 2.42. The van der Waals surface area contributed by atoms with Gasteiger partial charge >= 0.3 is 5.97 Å². The highest BCUT2D eigenvalue weighted by atomic mass is 32.2. The largest absolute Gasteiger partial charge is 0.481 e. The third-order valence-corrected chi connectivity index (χ3v) is 5.67. The van der Waals surface area contributed by atoms with Crippen molar-refractivity contribution in [1.82, 2.24) is 9.21 Å². The van der Waals surface area contributed by atoms with Crippen LogP contribution in [0.15, 0.2) is 35.2 Å². The van der Waals surface area contributed by atoms with Crippen LogP contribution in [-0.4, -0.2) is 60.3 Å². The number of benzene rings is 1. The van der Waals surface area contributed by atoms with Crippen LogP contribution in [0.4, 0.5) is 0 Å². The standard InChI is InChI=1S/C15H20N2O5S/c1-2-8-16-9-10-17(13(15(16)20)11-14(18)19)23(21,22)12-6-4-3-5-7-12/h3-7,13H,2,8-11H2,1H3,(H,18,19). The van der Waals surface area contributed by atoms with Gasteiger partial charge in [0.1, 0.15) is 6.04 Å². The summed E-state index contributed by atoms with van der Waals surface area (Å²) >= 11 is 0. The summed E-state index contributed by atoms with van der Waals surface area (Å²) in [5.41, 5.74) is 0. The number of carbonyl (C=O) groups excluding carboxylic acids is 1. The quantitative estimate of drug-likeness (QED) is 0.825. The Labute approximate surface area is 135 Å². The lowest BCUT2D eigenvalue weighted by Gasteiger charge is -2.39. The maximum atomic E-state index is 12.8. The van der Waals surface area contributed by atoms with Crippen LogP contribution >= 0.6 is 0 Å². The molecule has 0 saturated carbocycles. The number of carboxylic acid groups (broad SMARTS) is 1. The van der Waals surface area contributed by atoms with E-state index in [1.165, 1.54) is 17.0 Å². The lowest BCUT2D eigenvalue weighted by atomic mass is 10.1. The van der Waals surface area contributed by atoms with Gasteiger partial charge in [-0.2, -0.15) is 4.31 Å². The molecule has 1 N–H and O–H groups in total. The first-order chi connectivity index (χ1) is 10.9. The molecule has 1 aliphatic rings. The van der Waals surface area contributed by atoms with Crippen LogP contribution in [0, 0.1) is 0 Å². The first-order valence-corrected chi connectivity index (χ1v) is 8.89. The SMILES string of the molecule is CCCN1CCN(S(=O)(=O)c2ccccc2)C(CC(=O)O)C1=O. The molecule has 0 radical (unpaired) electrons. The monoisotopic (exact) mass is 340 g/mol. The first kappa shape index (κ1) is 17.4. The number of piperazine rings is 1. The highest BCUT2D eigenvalue weighted by molar-refractivity contribution is 7.89. The number of amides is 1. The van der Waals surface area contributed by atoms with Gasteiger partial charge in [0.05, 0.1) is 11.3 Å². The number of rotatable bonds is 6. The van der Waals surface area contributed by atoms with Gasteiger partial charge in [-0.15, -0.1) is 0 Å². The van der Waals surface area contributed by atoms with Crippen LogP contribution in [0.1, 0.15) is 19.8 Å². The number of hydrogen-bond acceptors (Lipinski definition) is 4. The zero-order valence-corrected chi connectivity index (χ0v) is 13.7. The summed E-state index contributed by atoms with van der Waals surface area (Å²) < 4.78 is 26.5. The lowest BCUT2D eigenvalue weighted by Crippen LogP contribution is -2.59. The van der Waals surface area contributed by atoms with Crippen LogP contribution in [0.5, 0.6) is 0 Å². The van der Waals surface area contributed by atoms with Crippen LogP contribution in [-0.2, 0) is 19.6 Å². The number of sulfonamides is 1. The maximum absolute atomic E-state index is 12.8. The van der Waals surface area contributed by atoms with Gasteiger partial charge in [0.15, 0.2) is 0 Å². The Morgan fingerprint density at radius 2 is 1.91 bits per heavy atom. The smallest absolute Gasteiger partial charge is 0.305 e. The van der Waals surface area contributed by atoms with Gasteiger partial charge in [-0.05, 0) is 18.6 Å². The van der Waals surface area contributed by atoms with Gasteiger partial charge in [-0.1, -0.05) is 25.1 Å². The average molecular weight is 340 g/mol. The molecule has 2 rings (SSSR count). The summed E-state index contributed by atoms with van der Waals surface area (Å²) in [6.07, 6.45) is 0.197. The predicted octanol–water partition coefficient (Wildman–Crippen LogP) is 0.773. The summed E-state index contributed by atoms with van der Waals surface area (Å²) in [7, 11) is -3.91. The van der Waals surface area contributed by atoms with Crippen molar-refractivity contribution in [2.45, 2.75) is 30.7 Å². The molecule has 126 valence electrons. The average Bonchev–Trinajstić information content (AvgIpc) is 2.51. The molecule has 1 fully saturated rings. The van der Waals surface area contributed by atoms with Gasteiger partial charge in [-0.3, -0.25) is 9.59 Å². The fraction of sp³-hybridized carbons (Fsp3) is 0.467. The van der Waals surface area contributed by atoms with Crippen molar-refractivity contribution < 1.29 is 23.1 Å². The Hall–Kier alpha value is -1.93. The second-order valence-corrected chi connectivity index (χ2v) is 7.26. The van der Waals surface area contributed by atoms with E-state index >= 15 is 0 Å². The first-order valence-electron chi connectivity index (χ1n) is 7.45. The summed E-state index contributed by atoms with van der Waals surface area (Å²) in [6.45, 7) is 2.77. The molecule has 0 aliphatic carbocycles. The van der Waals surface area contributed by atoms with E-state index in [2.05, 4.69) is 0 Å². The van der Waals surface area contributed by atoms with Gasteiger partial charge in [0, 0.05) is 19.6 Å². The minimum atomic E-state index is -3.91. The van der Waals surface area contributed by atoms with Crippen molar-refractivity contribution in [1.29, 1.82) is 0 Å². The fourth-order valence-electron chi connectivity index (χ4n) is 2.68. The number of hydrogen-bond donors (Lipinski definition) is 1. The van der Waals surface area contributed by atoms with Crippen LogP contribution in [0.3, 0.4) is 0 Å². The van der Waals surface area contributed by atoms with Crippen LogP contribution in [0.2, 0.25) is 0 Å². The molecule has 1 aromatic rings. The van der Waals surface area contributed by atoms with E-state index in [0.717, 1.165) is 10.7 Å². The molecule has 23 heavy (non-hydrogen) atoms. The van der Waals surface area contributed by atoms with Crippen molar-refractivity contribution in [2.24, 2.45) is 0 Å². The molecular weight excluding hydrogens is 320 g/mol. The van der Waals surface area contributed by atoms with E-state index in [4.69, 9.17) is 5.11 Å². The van der Waals surface area contributed by atoms with E-state index in [0.29, 0.717) is 6.54 Å². The molecule has 7 nitrogen and oxygen atoms in total. The molecule has 1 amide bonds. The van der Waals surface area contributed by atoms with Gasteiger partial charge in [-0.25, -0.2) is 8.42 Å². The number of nitrogens with zero attached hydrogens (tertiary/aromatic N) is 2. The summed E-state index contributed by atoms with van der Waals surface area (Å²) in [4.78, 5) is 25.2. The van der Waals surface area contributed by atoms with Crippen molar-refractivity contribution in [2.75, 3.05) is 19.6 Å². The fourth-order valence-corrected chi connectivity index (χ4v) is 4.27. The van der Waals surface area contributed by atoms with Crippen molar-refractivity contribution in [3.05, 3.63) is 30.3 Å². The minimum Gasteiger partial charge on any atom is -0.481 e. The Kier molecular flexibility index (Phi) is 5.38. The Morgan fingerprint density at radius 3 is 2.48 bits per heavy atom. The predicted molar refractivity (Wildman–Crippen MR) is 83.2 cm³/mol.